The Balaban J connectivity index is 1.71. The molecule has 1 aliphatic rings. The van der Waals surface area contributed by atoms with E-state index in [2.05, 4.69) is 0 Å². The molecule has 0 saturated carbocycles. The number of hydrogen-bond donors (Lipinski definition) is 0. The maximum atomic E-state index is 12.6. The van der Waals surface area contributed by atoms with Crippen LogP contribution in [0.25, 0.3) is 0 Å². The summed E-state index contributed by atoms with van der Waals surface area (Å²) in [7, 11) is -3.02. The van der Waals surface area contributed by atoms with Crippen LogP contribution in [0, 0.1) is 20.8 Å². The number of ether oxygens (including phenoxy) is 1. The van der Waals surface area contributed by atoms with E-state index in [4.69, 9.17) is 4.74 Å². The molecule has 0 unspecified atom stereocenters. The van der Waals surface area contributed by atoms with E-state index in [9.17, 15) is 18.0 Å². The Hall–Kier alpha value is -1.93. The second-order valence-corrected chi connectivity index (χ2v) is 10.6. The number of esters is 1. The molecule has 0 aliphatic carbocycles. The number of carbonyl (C=O) groups excluding carboxylic acids is 2. The third kappa shape index (κ3) is 4.07. The van der Waals surface area contributed by atoms with Gasteiger partial charge in [-0.1, -0.05) is 6.92 Å². The Morgan fingerprint density at radius 1 is 1.25 bits per heavy atom. The Morgan fingerprint density at radius 2 is 1.96 bits per heavy atom. The number of aryl methyl sites for hydroxylation is 3. The summed E-state index contributed by atoms with van der Waals surface area (Å²) in [4.78, 5) is 26.5. The SMILES string of the molecule is CCc1sc(C(=O)OCC(=O)c2cc(C)n([C@@H]3CCS(=O)(=O)C3)c2C)cc1C. The van der Waals surface area contributed by atoms with Gasteiger partial charge in [0.15, 0.2) is 16.4 Å². The minimum atomic E-state index is -3.02. The first-order valence-electron chi connectivity index (χ1n) is 9.31. The van der Waals surface area contributed by atoms with Gasteiger partial charge < -0.3 is 9.30 Å². The molecular weight excluding hydrogens is 398 g/mol. The number of sulfone groups is 1. The van der Waals surface area contributed by atoms with Gasteiger partial charge in [0.25, 0.3) is 0 Å². The molecule has 152 valence electrons. The van der Waals surface area contributed by atoms with E-state index in [1.54, 1.807) is 12.1 Å². The van der Waals surface area contributed by atoms with Gasteiger partial charge >= 0.3 is 5.97 Å². The minimum absolute atomic E-state index is 0.101. The normalized spacial score (nSPS) is 18.4. The number of rotatable bonds is 6. The molecule has 6 nitrogen and oxygen atoms in total. The summed E-state index contributed by atoms with van der Waals surface area (Å²) in [5.41, 5.74) is 3.10. The summed E-state index contributed by atoms with van der Waals surface area (Å²) >= 11 is 1.39. The van der Waals surface area contributed by atoms with Crippen LogP contribution in [-0.2, 0) is 21.0 Å². The van der Waals surface area contributed by atoms with Gasteiger partial charge in [-0.05, 0) is 51.3 Å². The molecule has 0 radical (unpaired) electrons. The fourth-order valence-electron chi connectivity index (χ4n) is 3.85. The first-order valence-corrected chi connectivity index (χ1v) is 11.9. The van der Waals surface area contributed by atoms with Crippen LogP contribution < -0.4 is 0 Å². The van der Waals surface area contributed by atoms with Gasteiger partial charge in [-0.3, -0.25) is 4.79 Å². The molecule has 3 rings (SSSR count). The van der Waals surface area contributed by atoms with Gasteiger partial charge in [0, 0.05) is 27.9 Å². The highest BCUT2D eigenvalue weighted by Gasteiger charge is 2.31. The van der Waals surface area contributed by atoms with Crippen molar-refractivity contribution in [2.24, 2.45) is 0 Å². The third-order valence-corrected chi connectivity index (χ3v) is 8.35. The average molecular weight is 424 g/mol. The van der Waals surface area contributed by atoms with Gasteiger partial charge in [0.05, 0.1) is 11.5 Å². The van der Waals surface area contributed by atoms with Crippen molar-refractivity contribution in [1.29, 1.82) is 0 Å². The summed E-state index contributed by atoms with van der Waals surface area (Å²) in [6, 6.07) is 3.40. The molecule has 28 heavy (non-hydrogen) atoms. The van der Waals surface area contributed by atoms with Gasteiger partial charge in [-0.15, -0.1) is 11.3 Å². The molecule has 0 amide bonds. The second-order valence-electron chi connectivity index (χ2n) is 7.28. The summed E-state index contributed by atoms with van der Waals surface area (Å²) in [6.07, 6.45) is 1.41. The van der Waals surface area contributed by atoms with E-state index in [1.165, 1.54) is 11.3 Å². The fraction of sp³-hybridized carbons (Fsp3) is 0.500. The molecule has 2 aromatic rings. The molecule has 1 fully saturated rings. The maximum absolute atomic E-state index is 12.6. The van der Waals surface area contributed by atoms with E-state index >= 15 is 0 Å². The van der Waals surface area contributed by atoms with Crippen molar-refractivity contribution in [3.05, 3.63) is 44.4 Å². The van der Waals surface area contributed by atoms with Crippen molar-refractivity contribution < 1.29 is 22.7 Å². The lowest BCUT2D eigenvalue weighted by Crippen LogP contribution is -2.16. The first kappa shape index (κ1) is 20.8. The number of nitrogens with zero attached hydrogens (tertiary/aromatic N) is 1. The van der Waals surface area contributed by atoms with E-state index in [0.29, 0.717) is 16.9 Å². The number of aromatic nitrogens is 1. The Labute approximate surface area is 169 Å². The average Bonchev–Trinajstić information content (AvgIpc) is 3.27. The van der Waals surface area contributed by atoms with Gasteiger partial charge in [-0.25, -0.2) is 13.2 Å². The van der Waals surface area contributed by atoms with E-state index in [0.717, 1.165) is 28.2 Å². The van der Waals surface area contributed by atoms with Crippen LogP contribution in [0.5, 0.6) is 0 Å². The number of thiophene rings is 1. The van der Waals surface area contributed by atoms with Crippen molar-refractivity contribution in [3.63, 3.8) is 0 Å². The number of hydrogen-bond acceptors (Lipinski definition) is 6. The molecule has 0 spiro atoms. The molecule has 8 heteroatoms. The smallest absolute Gasteiger partial charge is 0.348 e. The van der Waals surface area contributed by atoms with Crippen LogP contribution in [-0.4, -0.2) is 42.9 Å². The molecule has 0 bridgehead atoms. The highest BCUT2D eigenvalue weighted by atomic mass is 32.2. The van der Waals surface area contributed by atoms with Crippen LogP contribution in [0.3, 0.4) is 0 Å². The molecule has 0 N–H and O–H groups in total. The Bertz CT molecular complexity index is 1030. The lowest BCUT2D eigenvalue weighted by atomic mass is 10.1. The lowest BCUT2D eigenvalue weighted by molar-refractivity contribution is 0.0479. The number of Topliss-reactive ketones (excluding diaryl/α,β-unsaturated/α-hetero) is 1. The zero-order valence-corrected chi connectivity index (χ0v) is 18.2. The van der Waals surface area contributed by atoms with Gasteiger partial charge in [0.1, 0.15) is 4.88 Å². The van der Waals surface area contributed by atoms with Crippen molar-refractivity contribution in [2.45, 2.75) is 46.6 Å². The Morgan fingerprint density at radius 3 is 2.54 bits per heavy atom. The third-order valence-electron chi connectivity index (χ3n) is 5.24. The summed E-state index contributed by atoms with van der Waals surface area (Å²) in [5, 5.41) is 0. The summed E-state index contributed by atoms with van der Waals surface area (Å²) in [5.74, 6) is -0.492. The largest absolute Gasteiger partial charge is 0.453 e. The van der Waals surface area contributed by atoms with Crippen molar-refractivity contribution in [2.75, 3.05) is 18.1 Å². The predicted octanol–water partition coefficient (Wildman–Crippen LogP) is 3.44. The lowest BCUT2D eigenvalue weighted by Gasteiger charge is -2.16. The molecule has 1 aliphatic heterocycles. The zero-order valence-electron chi connectivity index (χ0n) is 16.6. The van der Waals surface area contributed by atoms with Crippen LogP contribution in [0.4, 0.5) is 0 Å². The molecule has 2 aromatic heterocycles. The highest BCUT2D eigenvalue weighted by molar-refractivity contribution is 7.91. The number of carbonyl (C=O) groups is 2. The fourth-order valence-corrected chi connectivity index (χ4v) is 6.56. The van der Waals surface area contributed by atoms with Crippen molar-refractivity contribution >= 4 is 32.9 Å². The van der Waals surface area contributed by atoms with Crippen molar-refractivity contribution in [1.82, 2.24) is 4.57 Å². The molecule has 3 heterocycles. The van der Waals surface area contributed by atoms with Crippen LogP contribution >= 0.6 is 11.3 Å². The predicted molar refractivity (Wildman–Crippen MR) is 109 cm³/mol. The molecule has 1 saturated heterocycles. The highest BCUT2D eigenvalue weighted by Crippen LogP contribution is 2.29. The van der Waals surface area contributed by atoms with Gasteiger partial charge in [-0.2, -0.15) is 0 Å². The van der Waals surface area contributed by atoms with Crippen LogP contribution in [0.15, 0.2) is 12.1 Å². The Kier molecular flexibility index (Phi) is 5.82. The van der Waals surface area contributed by atoms with Gasteiger partial charge in [0.2, 0.25) is 5.78 Å². The van der Waals surface area contributed by atoms with E-state index in [1.807, 2.05) is 32.3 Å². The van der Waals surface area contributed by atoms with Crippen LogP contribution in [0.2, 0.25) is 0 Å². The monoisotopic (exact) mass is 423 g/mol. The minimum Gasteiger partial charge on any atom is -0.453 e. The van der Waals surface area contributed by atoms with Crippen molar-refractivity contribution in [3.8, 4) is 0 Å². The standard InChI is InChI=1S/C20H25NO5S2/c1-5-18-12(2)8-19(27-18)20(23)26-10-17(22)16-9-13(3)21(14(16)4)15-6-7-28(24,25)11-15/h8-9,15H,5-7,10-11H2,1-4H3/t15-/m1/s1. The van der Waals surface area contributed by atoms with E-state index in [-0.39, 0.29) is 29.9 Å². The summed E-state index contributed by atoms with van der Waals surface area (Å²) < 4.78 is 30.8. The topological polar surface area (TPSA) is 82.4 Å². The second kappa shape index (κ2) is 7.83. The quantitative estimate of drug-likeness (QED) is 0.525. The molecule has 1 atom stereocenters. The molecule has 0 aromatic carbocycles. The zero-order chi connectivity index (χ0) is 20.6. The van der Waals surface area contributed by atoms with Crippen LogP contribution in [0.1, 0.15) is 61.2 Å². The maximum Gasteiger partial charge on any atom is 0.348 e. The first-order chi connectivity index (χ1) is 13.1. The van der Waals surface area contributed by atoms with E-state index < -0.39 is 15.8 Å². The number of ketones is 1. The molecular formula is C20H25NO5S2. The summed E-state index contributed by atoms with van der Waals surface area (Å²) in [6.45, 7) is 7.33.